The Morgan fingerprint density at radius 2 is 1.89 bits per heavy atom. The van der Waals surface area contributed by atoms with E-state index in [1.165, 1.54) is 19.3 Å². The van der Waals surface area contributed by atoms with Gasteiger partial charge >= 0.3 is 0 Å². The number of nitrogens with one attached hydrogen (secondary N) is 1. The first-order chi connectivity index (χ1) is 9.06. The Morgan fingerprint density at radius 1 is 1.21 bits per heavy atom. The minimum Gasteiger partial charge on any atom is -0.343 e. The second-order valence-corrected chi connectivity index (χ2v) is 6.11. The molecule has 2 fully saturated rings. The van der Waals surface area contributed by atoms with E-state index in [1.807, 2.05) is 18.7 Å². The van der Waals surface area contributed by atoms with E-state index < -0.39 is 0 Å². The lowest BCUT2D eigenvalue weighted by atomic mass is 9.96. The average molecular weight is 266 g/mol. The first kappa shape index (κ1) is 14.4. The summed E-state index contributed by atoms with van der Waals surface area (Å²) in [7, 11) is 0. The van der Waals surface area contributed by atoms with Crippen LogP contribution in [0.15, 0.2) is 0 Å². The maximum atomic E-state index is 12.5. The van der Waals surface area contributed by atoms with Gasteiger partial charge in [0.25, 0.3) is 0 Å². The number of carbonyl (C=O) groups is 2. The summed E-state index contributed by atoms with van der Waals surface area (Å²) >= 11 is 0. The van der Waals surface area contributed by atoms with Gasteiger partial charge in [-0.05, 0) is 37.5 Å². The van der Waals surface area contributed by atoms with Crippen molar-refractivity contribution in [3.8, 4) is 0 Å². The van der Waals surface area contributed by atoms with Gasteiger partial charge in [0.2, 0.25) is 11.8 Å². The predicted molar refractivity (Wildman–Crippen MR) is 74.6 cm³/mol. The lowest BCUT2D eigenvalue weighted by Gasteiger charge is -2.40. The molecule has 108 valence electrons. The van der Waals surface area contributed by atoms with Crippen LogP contribution < -0.4 is 5.32 Å². The Kier molecular flexibility index (Phi) is 4.16. The molecule has 1 saturated carbocycles. The third-order valence-electron chi connectivity index (χ3n) is 4.61. The van der Waals surface area contributed by atoms with Gasteiger partial charge in [-0.3, -0.25) is 9.59 Å². The van der Waals surface area contributed by atoms with Crippen LogP contribution in [0.5, 0.6) is 0 Å². The Labute approximate surface area is 115 Å². The van der Waals surface area contributed by atoms with E-state index >= 15 is 0 Å². The number of nitrogens with zero attached hydrogens (tertiary/aromatic N) is 1. The molecule has 1 saturated heterocycles. The van der Waals surface area contributed by atoms with Gasteiger partial charge in [0.05, 0.1) is 0 Å². The van der Waals surface area contributed by atoms with Crippen LogP contribution in [-0.2, 0) is 9.59 Å². The fraction of sp³-hybridized carbons (Fsp3) is 0.867. The summed E-state index contributed by atoms with van der Waals surface area (Å²) in [6.07, 6.45) is 6.13. The van der Waals surface area contributed by atoms with Gasteiger partial charge in [-0.2, -0.15) is 0 Å². The molecule has 2 atom stereocenters. The summed E-state index contributed by atoms with van der Waals surface area (Å²) < 4.78 is 0. The summed E-state index contributed by atoms with van der Waals surface area (Å²) in [5.74, 6) is 0.151. The third-order valence-corrected chi connectivity index (χ3v) is 4.61. The van der Waals surface area contributed by atoms with Crippen molar-refractivity contribution < 1.29 is 9.59 Å². The molecule has 0 aromatic carbocycles. The summed E-state index contributed by atoms with van der Waals surface area (Å²) in [6.45, 7) is 6.90. The lowest BCUT2D eigenvalue weighted by molar-refractivity contribution is -0.150. The van der Waals surface area contributed by atoms with E-state index in [0.717, 1.165) is 13.0 Å². The number of carbonyl (C=O) groups excluding carboxylic acids is 2. The van der Waals surface area contributed by atoms with Gasteiger partial charge < -0.3 is 10.2 Å². The number of amides is 2. The summed E-state index contributed by atoms with van der Waals surface area (Å²) in [6, 6.07) is -0.572. The van der Waals surface area contributed by atoms with Crippen LogP contribution in [0.4, 0.5) is 0 Å². The van der Waals surface area contributed by atoms with E-state index in [2.05, 4.69) is 12.2 Å². The smallest absolute Gasteiger partial charge is 0.245 e. The van der Waals surface area contributed by atoms with Crippen molar-refractivity contribution in [1.29, 1.82) is 0 Å². The van der Waals surface area contributed by atoms with Crippen LogP contribution in [0.1, 0.15) is 59.3 Å². The molecule has 1 heterocycles. The summed E-state index contributed by atoms with van der Waals surface area (Å²) in [4.78, 5) is 26.5. The van der Waals surface area contributed by atoms with Crippen LogP contribution >= 0.6 is 0 Å². The van der Waals surface area contributed by atoms with Crippen LogP contribution in [0.25, 0.3) is 0 Å². The van der Waals surface area contributed by atoms with Crippen LogP contribution in [0.2, 0.25) is 0 Å². The molecule has 4 heteroatoms. The molecular formula is C15H26N2O2. The third kappa shape index (κ3) is 2.77. The Bertz CT molecular complexity index is 363. The van der Waals surface area contributed by atoms with Crippen LogP contribution in [-0.4, -0.2) is 35.3 Å². The second-order valence-electron chi connectivity index (χ2n) is 6.11. The first-order valence-electron chi connectivity index (χ1n) is 7.67. The highest BCUT2D eigenvalue weighted by Crippen LogP contribution is 2.50. The SMILES string of the molecule is CCCC1(CN2C(=O)C(CC)NC(=O)C2CC)CC1. The molecule has 2 aliphatic rings. The van der Waals surface area contributed by atoms with Crippen molar-refractivity contribution in [1.82, 2.24) is 10.2 Å². The molecule has 0 aromatic rings. The summed E-state index contributed by atoms with van der Waals surface area (Å²) in [5.41, 5.74) is 0.313. The predicted octanol–water partition coefficient (Wildman–Crippen LogP) is 2.08. The number of hydrogen-bond donors (Lipinski definition) is 1. The lowest BCUT2D eigenvalue weighted by Crippen LogP contribution is -2.63. The maximum Gasteiger partial charge on any atom is 0.245 e. The van der Waals surface area contributed by atoms with Crippen molar-refractivity contribution in [3.63, 3.8) is 0 Å². The molecule has 1 aliphatic heterocycles. The molecule has 0 radical (unpaired) electrons. The molecule has 1 N–H and O–H groups in total. The molecule has 1 aliphatic carbocycles. The number of piperazine rings is 1. The van der Waals surface area contributed by atoms with Crippen molar-refractivity contribution in [2.75, 3.05) is 6.54 Å². The molecule has 19 heavy (non-hydrogen) atoms. The van der Waals surface area contributed by atoms with Crippen molar-refractivity contribution >= 4 is 11.8 Å². The van der Waals surface area contributed by atoms with Gasteiger partial charge in [0.1, 0.15) is 12.1 Å². The van der Waals surface area contributed by atoms with Crippen LogP contribution in [0.3, 0.4) is 0 Å². The first-order valence-corrected chi connectivity index (χ1v) is 7.67. The zero-order valence-corrected chi connectivity index (χ0v) is 12.4. The molecule has 0 spiro atoms. The molecule has 0 aromatic heterocycles. The van der Waals surface area contributed by atoms with E-state index in [4.69, 9.17) is 0 Å². The van der Waals surface area contributed by atoms with Crippen molar-refractivity contribution in [3.05, 3.63) is 0 Å². The molecule has 2 amide bonds. The highest BCUT2D eigenvalue weighted by molar-refractivity contribution is 5.96. The standard InChI is InChI=1S/C15H26N2O2/c1-4-7-15(8-9-15)10-17-12(6-3)13(18)16-11(5-2)14(17)19/h11-12H,4-10H2,1-3H3,(H,16,18). The van der Waals surface area contributed by atoms with Crippen LogP contribution in [0, 0.1) is 5.41 Å². The highest BCUT2D eigenvalue weighted by Gasteiger charge is 2.48. The van der Waals surface area contributed by atoms with E-state index in [1.54, 1.807) is 0 Å². The molecule has 2 rings (SSSR count). The zero-order valence-electron chi connectivity index (χ0n) is 12.4. The van der Waals surface area contributed by atoms with Gasteiger partial charge in [-0.25, -0.2) is 0 Å². The molecule has 2 unspecified atom stereocenters. The topological polar surface area (TPSA) is 49.4 Å². The van der Waals surface area contributed by atoms with Crippen molar-refractivity contribution in [2.45, 2.75) is 71.4 Å². The largest absolute Gasteiger partial charge is 0.343 e. The Hall–Kier alpha value is -1.06. The van der Waals surface area contributed by atoms with Gasteiger partial charge in [0, 0.05) is 6.54 Å². The van der Waals surface area contributed by atoms with Gasteiger partial charge in [0.15, 0.2) is 0 Å². The van der Waals surface area contributed by atoms with E-state index in [0.29, 0.717) is 18.3 Å². The monoisotopic (exact) mass is 266 g/mol. The Balaban J connectivity index is 2.13. The normalized spacial score (nSPS) is 29.3. The Morgan fingerprint density at radius 3 is 2.37 bits per heavy atom. The summed E-state index contributed by atoms with van der Waals surface area (Å²) in [5, 5.41) is 2.85. The molecular weight excluding hydrogens is 240 g/mol. The molecule has 4 nitrogen and oxygen atoms in total. The van der Waals surface area contributed by atoms with E-state index in [-0.39, 0.29) is 23.9 Å². The quantitative estimate of drug-likeness (QED) is 0.800. The molecule has 0 bridgehead atoms. The highest BCUT2D eigenvalue weighted by atomic mass is 16.2. The van der Waals surface area contributed by atoms with Gasteiger partial charge in [-0.15, -0.1) is 0 Å². The van der Waals surface area contributed by atoms with Gasteiger partial charge in [-0.1, -0.05) is 27.2 Å². The average Bonchev–Trinajstić information content (AvgIpc) is 3.14. The van der Waals surface area contributed by atoms with Crippen molar-refractivity contribution in [2.24, 2.45) is 5.41 Å². The number of rotatable bonds is 6. The van der Waals surface area contributed by atoms with E-state index in [9.17, 15) is 9.59 Å². The number of hydrogen-bond acceptors (Lipinski definition) is 2. The maximum absolute atomic E-state index is 12.5. The fourth-order valence-electron chi connectivity index (χ4n) is 3.25. The fourth-order valence-corrected chi connectivity index (χ4v) is 3.25. The minimum absolute atomic E-state index is 0.0289. The zero-order chi connectivity index (χ0) is 14.0. The minimum atomic E-state index is -0.312. The second kappa shape index (κ2) is 5.51.